The first-order valence-corrected chi connectivity index (χ1v) is 6.35. The van der Waals surface area contributed by atoms with Crippen LogP contribution in [0.25, 0.3) is 0 Å². The number of hydrogen-bond acceptors (Lipinski definition) is 2. The minimum Gasteiger partial charge on any atom is -0.508 e. The van der Waals surface area contributed by atoms with Crippen molar-refractivity contribution in [3.05, 3.63) is 29.3 Å². The number of fused-ring (bicyclic) bond motifs is 3. The molecule has 0 spiro atoms. The standard InChI is InChI=1S/C14H19NO/c1-2-6-15-7-5-12-13-9-11(16)4-3-10(13)8-14(12)15/h3-4,9,12,14,16H,2,5-8H2,1H3. The lowest BCUT2D eigenvalue weighted by Crippen LogP contribution is -2.31. The maximum absolute atomic E-state index is 9.57. The highest BCUT2D eigenvalue weighted by Crippen LogP contribution is 2.43. The summed E-state index contributed by atoms with van der Waals surface area (Å²) in [6.45, 7) is 4.71. The molecule has 0 amide bonds. The van der Waals surface area contributed by atoms with Crippen molar-refractivity contribution in [1.29, 1.82) is 0 Å². The number of likely N-dealkylation sites (tertiary alicyclic amines) is 1. The lowest BCUT2D eigenvalue weighted by atomic mass is 9.98. The quantitative estimate of drug-likeness (QED) is 0.822. The molecule has 1 aliphatic carbocycles. The molecule has 1 aliphatic heterocycles. The maximum atomic E-state index is 9.57. The predicted octanol–water partition coefficient (Wildman–Crippen LogP) is 2.52. The molecule has 0 saturated carbocycles. The van der Waals surface area contributed by atoms with Crippen LogP contribution in [0.2, 0.25) is 0 Å². The minimum atomic E-state index is 0.424. The van der Waals surface area contributed by atoms with Gasteiger partial charge in [0.15, 0.2) is 0 Å². The van der Waals surface area contributed by atoms with E-state index in [-0.39, 0.29) is 0 Å². The maximum Gasteiger partial charge on any atom is 0.115 e. The van der Waals surface area contributed by atoms with Gasteiger partial charge in [0, 0.05) is 12.0 Å². The molecule has 1 aromatic rings. The summed E-state index contributed by atoms with van der Waals surface area (Å²) in [5.74, 6) is 1.10. The molecule has 2 unspecified atom stereocenters. The van der Waals surface area contributed by atoms with E-state index >= 15 is 0 Å². The van der Waals surface area contributed by atoms with Gasteiger partial charge in [0.25, 0.3) is 0 Å². The molecule has 0 radical (unpaired) electrons. The van der Waals surface area contributed by atoms with Crippen LogP contribution in [0.4, 0.5) is 0 Å². The Balaban J connectivity index is 1.89. The second-order valence-corrected chi connectivity index (χ2v) is 5.09. The Kier molecular flexibility index (Phi) is 2.40. The number of aromatic hydroxyl groups is 1. The van der Waals surface area contributed by atoms with Crippen LogP contribution in [0.1, 0.15) is 36.8 Å². The van der Waals surface area contributed by atoms with Gasteiger partial charge in [0.2, 0.25) is 0 Å². The highest BCUT2D eigenvalue weighted by atomic mass is 16.3. The van der Waals surface area contributed by atoms with Gasteiger partial charge in [0.1, 0.15) is 5.75 Å². The first kappa shape index (κ1) is 10.2. The van der Waals surface area contributed by atoms with Crippen molar-refractivity contribution in [2.24, 2.45) is 0 Å². The zero-order chi connectivity index (χ0) is 11.1. The number of benzene rings is 1. The molecule has 16 heavy (non-hydrogen) atoms. The average molecular weight is 217 g/mol. The van der Waals surface area contributed by atoms with Crippen LogP contribution in [0, 0.1) is 0 Å². The minimum absolute atomic E-state index is 0.424. The van der Waals surface area contributed by atoms with E-state index in [0.29, 0.717) is 17.7 Å². The fourth-order valence-electron chi connectivity index (χ4n) is 3.46. The van der Waals surface area contributed by atoms with Crippen molar-refractivity contribution in [3.63, 3.8) is 0 Å². The van der Waals surface area contributed by atoms with E-state index in [0.717, 1.165) is 0 Å². The van der Waals surface area contributed by atoms with Crippen LogP contribution in [0.5, 0.6) is 5.75 Å². The molecule has 1 aromatic carbocycles. The van der Waals surface area contributed by atoms with E-state index in [1.54, 1.807) is 0 Å². The number of hydrogen-bond donors (Lipinski definition) is 1. The Morgan fingerprint density at radius 1 is 1.44 bits per heavy atom. The Labute approximate surface area is 96.9 Å². The van der Waals surface area contributed by atoms with Crippen molar-refractivity contribution < 1.29 is 5.11 Å². The Morgan fingerprint density at radius 3 is 3.12 bits per heavy atom. The normalized spacial score (nSPS) is 28.1. The van der Waals surface area contributed by atoms with E-state index in [2.05, 4.69) is 17.9 Å². The SMILES string of the molecule is CCCN1CCC2c3cc(O)ccc3CC21. The molecular weight excluding hydrogens is 198 g/mol. The Morgan fingerprint density at radius 2 is 2.31 bits per heavy atom. The number of nitrogens with zero attached hydrogens (tertiary/aromatic N) is 1. The van der Waals surface area contributed by atoms with Crippen LogP contribution >= 0.6 is 0 Å². The van der Waals surface area contributed by atoms with Gasteiger partial charge in [-0.25, -0.2) is 0 Å². The third kappa shape index (κ3) is 1.44. The molecule has 3 rings (SSSR count). The summed E-state index contributed by atoms with van der Waals surface area (Å²) in [4.78, 5) is 2.63. The summed E-state index contributed by atoms with van der Waals surface area (Å²) in [6, 6.07) is 6.61. The summed E-state index contributed by atoms with van der Waals surface area (Å²) in [5.41, 5.74) is 2.86. The Hall–Kier alpha value is -1.02. The Bertz CT molecular complexity index is 402. The van der Waals surface area contributed by atoms with Crippen LogP contribution in [-0.4, -0.2) is 29.1 Å². The van der Waals surface area contributed by atoms with Crippen LogP contribution in [0.15, 0.2) is 18.2 Å². The van der Waals surface area contributed by atoms with Crippen LogP contribution in [-0.2, 0) is 6.42 Å². The van der Waals surface area contributed by atoms with Gasteiger partial charge in [-0.2, -0.15) is 0 Å². The van der Waals surface area contributed by atoms with Gasteiger partial charge >= 0.3 is 0 Å². The molecule has 1 fully saturated rings. The van der Waals surface area contributed by atoms with Gasteiger partial charge < -0.3 is 5.11 Å². The van der Waals surface area contributed by atoms with Crippen molar-refractivity contribution in [2.75, 3.05) is 13.1 Å². The fraction of sp³-hybridized carbons (Fsp3) is 0.571. The summed E-state index contributed by atoms with van der Waals surface area (Å²) in [7, 11) is 0. The molecule has 0 bridgehead atoms. The summed E-state index contributed by atoms with van der Waals surface area (Å²) in [5, 5.41) is 9.57. The van der Waals surface area contributed by atoms with E-state index in [1.807, 2.05) is 12.1 Å². The van der Waals surface area contributed by atoms with Gasteiger partial charge in [-0.15, -0.1) is 0 Å². The molecule has 1 heterocycles. The predicted molar refractivity (Wildman–Crippen MR) is 64.8 cm³/mol. The van der Waals surface area contributed by atoms with E-state index < -0.39 is 0 Å². The van der Waals surface area contributed by atoms with E-state index in [9.17, 15) is 5.11 Å². The summed E-state index contributed by atoms with van der Waals surface area (Å²) < 4.78 is 0. The monoisotopic (exact) mass is 217 g/mol. The number of phenolic OH excluding ortho intramolecular Hbond substituents is 1. The molecule has 1 saturated heterocycles. The average Bonchev–Trinajstić information content (AvgIpc) is 2.80. The third-order valence-electron chi connectivity index (χ3n) is 4.13. The fourth-order valence-corrected chi connectivity index (χ4v) is 3.46. The zero-order valence-electron chi connectivity index (χ0n) is 9.82. The molecular formula is C14H19NO. The largest absolute Gasteiger partial charge is 0.508 e. The van der Waals surface area contributed by atoms with Crippen molar-refractivity contribution in [3.8, 4) is 5.75 Å². The third-order valence-corrected chi connectivity index (χ3v) is 4.13. The first-order chi connectivity index (χ1) is 7.79. The van der Waals surface area contributed by atoms with Crippen molar-refractivity contribution >= 4 is 0 Å². The zero-order valence-corrected chi connectivity index (χ0v) is 9.82. The van der Waals surface area contributed by atoms with Crippen molar-refractivity contribution in [2.45, 2.75) is 38.1 Å². The molecule has 2 aliphatic rings. The van der Waals surface area contributed by atoms with E-state index in [1.165, 1.54) is 43.5 Å². The number of phenols is 1. The summed E-state index contributed by atoms with van der Waals surface area (Å²) >= 11 is 0. The second-order valence-electron chi connectivity index (χ2n) is 5.09. The van der Waals surface area contributed by atoms with Crippen molar-refractivity contribution in [1.82, 2.24) is 4.90 Å². The second kappa shape index (κ2) is 3.77. The van der Waals surface area contributed by atoms with Gasteiger partial charge in [0.05, 0.1) is 0 Å². The highest BCUT2D eigenvalue weighted by Gasteiger charge is 2.40. The number of rotatable bonds is 2. The van der Waals surface area contributed by atoms with Gasteiger partial charge in [-0.3, -0.25) is 4.90 Å². The lowest BCUT2D eigenvalue weighted by Gasteiger charge is -2.22. The van der Waals surface area contributed by atoms with Gasteiger partial charge in [-0.1, -0.05) is 13.0 Å². The van der Waals surface area contributed by atoms with Crippen LogP contribution in [0.3, 0.4) is 0 Å². The smallest absolute Gasteiger partial charge is 0.115 e. The highest BCUT2D eigenvalue weighted by molar-refractivity contribution is 5.43. The summed E-state index contributed by atoms with van der Waals surface area (Å²) in [6.07, 6.45) is 3.69. The molecule has 2 heteroatoms. The molecule has 2 atom stereocenters. The van der Waals surface area contributed by atoms with Crippen LogP contribution < -0.4 is 0 Å². The topological polar surface area (TPSA) is 23.5 Å². The molecule has 2 nitrogen and oxygen atoms in total. The van der Waals surface area contributed by atoms with Gasteiger partial charge in [-0.05, 0) is 55.6 Å². The first-order valence-electron chi connectivity index (χ1n) is 6.35. The molecule has 1 N–H and O–H groups in total. The molecule has 86 valence electrons. The van der Waals surface area contributed by atoms with E-state index in [4.69, 9.17) is 0 Å². The lowest BCUT2D eigenvalue weighted by molar-refractivity contribution is 0.252. The molecule has 0 aromatic heterocycles.